The van der Waals surface area contributed by atoms with Crippen LogP contribution in [-0.2, 0) is 4.74 Å². The molecule has 0 bridgehead atoms. The predicted octanol–water partition coefficient (Wildman–Crippen LogP) is 0.513. The van der Waals surface area contributed by atoms with E-state index in [2.05, 4.69) is 17.1 Å². The average Bonchev–Trinajstić information content (AvgIpc) is 2.83. The van der Waals surface area contributed by atoms with Gasteiger partial charge in [0.05, 0.1) is 13.2 Å². The molecule has 0 aromatic rings. The summed E-state index contributed by atoms with van der Waals surface area (Å²) in [5, 5.41) is 3.07. The molecule has 1 N–H and O–H groups in total. The molecule has 0 aromatic heterocycles. The van der Waals surface area contributed by atoms with Gasteiger partial charge in [-0.3, -0.25) is 4.90 Å². The van der Waals surface area contributed by atoms with Gasteiger partial charge in [-0.05, 0) is 19.8 Å². The Kier molecular flexibility index (Phi) is 4.62. The van der Waals surface area contributed by atoms with Crippen molar-refractivity contribution < 1.29 is 9.53 Å². The Bertz CT molecular complexity index is 248. The van der Waals surface area contributed by atoms with Gasteiger partial charge in [0.15, 0.2) is 0 Å². The topological polar surface area (TPSA) is 44.8 Å². The maximum atomic E-state index is 11.9. The molecular weight excluding hydrogens is 218 g/mol. The van der Waals surface area contributed by atoms with Crippen LogP contribution in [0.4, 0.5) is 4.79 Å². The zero-order valence-electron chi connectivity index (χ0n) is 10.7. The standard InChI is InChI=1S/C12H23N3O2/c1-11(10-14-6-8-17-9-7-14)13-12(16)15-4-2-3-5-15/h11H,2-10H2,1H3,(H,13,16). The number of urea groups is 1. The molecule has 2 rings (SSSR count). The van der Waals surface area contributed by atoms with Crippen molar-refractivity contribution >= 4 is 6.03 Å². The summed E-state index contributed by atoms with van der Waals surface area (Å²) in [5.41, 5.74) is 0. The molecule has 2 amide bonds. The van der Waals surface area contributed by atoms with Crippen LogP contribution in [0.15, 0.2) is 0 Å². The minimum absolute atomic E-state index is 0.100. The number of carbonyl (C=O) groups is 1. The second-order valence-electron chi connectivity index (χ2n) is 4.96. The Labute approximate surface area is 103 Å². The van der Waals surface area contributed by atoms with E-state index in [4.69, 9.17) is 4.74 Å². The van der Waals surface area contributed by atoms with Crippen molar-refractivity contribution in [2.24, 2.45) is 0 Å². The van der Waals surface area contributed by atoms with E-state index in [1.165, 1.54) is 0 Å². The molecule has 17 heavy (non-hydrogen) atoms. The zero-order valence-corrected chi connectivity index (χ0v) is 10.7. The Hall–Kier alpha value is -0.810. The van der Waals surface area contributed by atoms with E-state index in [0.29, 0.717) is 0 Å². The highest BCUT2D eigenvalue weighted by Gasteiger charge is 2.20. The molecule has 5 heteroatoms. The van der Waals surface area contributed by atoms with Gasteiger partial charge >= 0.3 is 6.03 Å². The van der Waals surface area contributed by atoms with Gasteiger partial charge in [-0.25, -0.2) is 4.79 Å². The monoisotopic (exact) mass is 241 g/mol. The molecule has 2 fully saturated rings. The summed E-state index contributed by atoms with van der Waals surface area (Å²) in [4.78, 5) is 16.1. The van der Waals surface area contributed by atoms with Gasteiger partial charge in [-0.15, -0.1) is 0 Å². The highest BCUT2D eigenvalue weighted by molar-refractivity contribution is 5.74. The molecule has 5 nitrogen and oxygen atoms in total. The maximum absolute atomic E-state index is 11.9. The van der Waals surface area contributed by atoms with Crippen molar-refractivity contribution in [1.29, 1.82) is 0 Å². The molecule has 98 valence electrons. The molecule has 0 aromatic carbocycles. The third-order valence-corrected chi connectivity index (χ3v) is 3.40. The summed E-state index contributed by atoms with van der Waals surface area (Å²) in [7, 11) is 0. The second kappa shape index (κ2) is 6.21. The van der Waals surface area contributed by atoms with E-state index in [1.54, 1.807) is 0 Å². The predicted molar refractivity (Wildman–Crippen MR) is 66.1 cm³/mol. The number of carbonyl (C=O) groups excluding carboxylic acids is 1. The third-order valence-electron chi connectivity index (χ3n) is 3.40. The first-order chi connectivity index (χ1) is 8.25. The first kappa shape index (κ1) is 12.6. The zero-order chi connectivity index (χ0) is 12.1. The Balaban J connectivity index is 1.68. The number of nitrogens with one attached hydrogen (secondary N) is 1. The number of ether oxygens (including phenoxy) is 1. The van der Waals surface area contributed by atoms with Gasteiger partial charge in [-0.2, -0.15) is 0 Å². The van der Waals surface area contributed by atoms with E-state index < -0.39 is 0 Å². The summed E-state index contributed by atoms with van der Waals surface area (Å²) in [6.45, 7) is 8.39. The fourth-order valence-electron chi connectivity index (χ4n) is 2.44. The van der Waals surface area contributed by atoms with Crippen LogP contribution in [0.2, 0.25) is 0 Å². The molecular formula is C12H23N3O2. The van der Waals surface area contributed by atoms with Gasteiger partial charge in [0.2, 0.25) is 0 Å². The fraction of sp³-hybridized carbons (Fsp3) is 0.917. The quantitative estimate of drug-likeness (QED) is 0.783. The number of rotatable bonds is 3. The van der Waals surface area contributed by atoms with Crippen molar-refractivity contribution in [3.05, 3.63) is 0 Å². The van der Waals surface area contributed by atoms with Crippen LogP contribution in [0.1, 0.15) is 19.8 Å². The fourth-order valence-corrected chi connectivity index (χ4v) is 2.44. The van der Waals surface area contributed by atoms with E-state index >= 15 is 0 Å². The van der Waals surface area contributed by atoms with Crippen molar-refractivity contribution in [2.75, 3.05) is 45.9 Å². The first-order valence-electron chi connectivity index (χ1n) is 6.61. The van der Waals surface area contributed by atoms with Gasteiger partial charge in [0.25, 0.3) is 0 Å². The molecule has 2 aliphatic rings. The van der Waals surface area contributed by atoms with Crippen molar-refractivity contribution in [3.8, 4) is 0 Å². The summed E-state index contributed by atoms with van der Waals surface area (Å²) in [6, 6.07) is 0.310. The van der Waals surface area contributed by atoms with Crippen LogP contribution in [0, 0.1) is 0 Å². The summed E-state index contributed by atoms with van der Waals surface area (Å²) in [5.74, 6) is 0. The number of hydrogen-bond donors (Lipinski definition) is 1. The minimum Gasteiger partial charge on any atom is -0.379 e. The smallest absolute Gasteiger partial charge is 0.317 e. The lowest BCUT2D eigenvalue weighted by molar-refractivity contribution is 0.0347. The van der Waals surface area contributed by atoms with Crippen LogP contribution in [0.5, 0.6) is 0 Å². The Morgan fingerprint density at radius 1 is 1.24 bits per heavy atom. The van der Waals surface area contributed by atoms with Crippen molar-refractivity contribution in [1.82, 2.24) is 15.1 Å². The third kappa shape index (κ3) is 3.85. The SMILES string of the molecule is CC(CN1CCOCC1)NC(=O)N1CCCC1. The molecule has 2 heterocycles. The van der Waals surface area contributed by atoms with Crippen LogP contribution in [0.25, 0.3) is 0 Å². The van der Waals surface area contributed by atoms with Gasteiger partial charge in [-0.1, -0.05) is 0 Å². The maximum Gasteiger partial charge on any atom is 0.317 e. The van der Waals surface area contributed by atoms with Gasteiger partial charge in [0.1, 0.15) is 0 Å². The lowest BCUT2D eigenvalue weighted by atomic mass is 10.3. The Morgan fingerprint density at radius 3 is 2.53 bits per heavy atom. The number of hydrogen-bond acceptors (Lipinski definition) is 3. The van der Waals surface area contributed by atoms with Crippen molar-refractivity contribution in [2.45, 2.75) is 25.8 Å². The highest BCUT2D eigenvalue weighted by atomic mass is 16.5. The lowest BCUT2D eigenvalue weighted by Crippen LogP contribution is -2.49. The van der Waals surface area contributed by atoms with E-state index in [-0.39, 0.29) is 12.1 Å². The molecule has 1 unspecified atom stereocenters. The van der Waals surface area contributed by atoms with Gasteiger partial charge < -0.3 is 15.0 Å². The number of nitrogens with zero attached hydrogens (tertiary/aromatic N) is 2. The average molecular weight is 241 g/mol. The van der Waals surface area contributed by atoms with Crippen LogP contribution < -0.4 is 5.32 Å². The van der Waals surface area contributed by atoms with E-state index in [9.17, 15) is 4.79 Å². The molecule has 0 spiro atoms. The summed E-state index contributed by atoms with van der Waals surface area (Å²) < 4.78 is 5.31. The largest absolute Gasteiger partial charge is 0.379 e. The molecule has 1 atom stereocenters. The molecule has 0 radical (unpaired) electrons. The number of morpholine rings is 1. The summed E-state index contributed by atoms with van der Waals surface area (Å²) >= 11 is 0. The van der Waals surface area contributed by atoms with Crippen molar-refractivity contribution in [3.63, 3.8) is 0 Å². The van der Waals surface area contributed by atoms with Crippen LogP contribution in [0.3, 0.4) is 0 Å². The lowest BCUT2D eigenvalue weighted by Gasteiger charge is -2.30. The molecule has 0 saturated carbocycles. The normalized spacial score (nSPS) is 23.7. The highest BCUT2D eigenvalue weighted by Crippen LogP contribution is 2.07. The first-order valence-corrected chi connectivity index (χ1v) is 6.61. The molecule has 0 aliphatic carbocycles. The number of amides is 2. The van der Waals surface area contributed by atoms with Crippen LogP contribution in [-0.4, -0.2) is 67.8 Å². The molecule has 2 saturated heterocycles. The van der Waals surface area contributed by atoms with E-state index in [0.717, 1.165) is 58.8 Å². The minimum atomic E-state index is 0.100. The van der Waals surface area contributed by atoms with E-state index in [1.807, 2.05) is 4.90 Å². The number of likely N-dealkylation sites (tertiary alicyclic amines) is 1. The van der Waals surface area contributed by atoms with Gasteiger partial charge in [0, 0.05) is 38.8 Å². The molecule has 2 aliphatic heterocycles. The van der Waals surface area contributed by atoms with Crippen LogP contribution >= 0.6 is 0 Å². The second-order valence-corrected chi connectivity index (χ2v) is 4.96. The summed E-state index contributed by atoms with van der Waals surface area (Å²) in [6.07, 6.45) is 2.29. The Morgan fingerprint density at radius 2 is 1.88 bits per heavy atom.